The molecule has 0 saturated heterocycles. The van der Waals surface area contributed by atoms with E-state index in [-0.39, 0.29) is 5.75 Å². The lowest BCUT2D eigenvalue weighted by Gasteiger charge is -2.21. The number of carboxylic acid groups (broad SMARTS) is 1. The van der Waals surface area contributed by atoms with E-state index in [1.54, 1.807) is 0 Å². The summed E-state index contributed by atoms with van der Waals surface area (Å²) in [6.07, 6.45) is 0. The highest BCUT2D eigenvalue weighted by Gasteiger charge is 2.27. The summed E-state index contributed by atoms with van der Waals surface area (Å²) in [5, 5.41) is 10.8. The quantitative estimate of drug-likeness (QED) is 0.408. The van der Waals surface area contributed by atoms with Gasteiger partial charge in [-0.1, -0.05) is 0 Å². The highest BCUT2D eigenvalue weighted by atomic mass is 32.1. The summed E-state index contributed by atoms with van der Waals surface area (Å²) in [7, 11) is 0. The lowest BCUT2D eigenvalue weighted by molar-refractivity contribution is -0.152. The second-order valence-electron chi connectivity index (χ2n) is 3.41. The first-order valence-corrected chi connectivity index (χ1v) is 5.59. The Hall–Kier alpha value is -1.61. The van der Waals surface area contributed by atoms with Crippen molar-refractivity contribution in [1.82, 2.24) is 10.2 Å². The summed E-state index contributed by atoms with van der Waals surface area (Å²) in [5.41, 5.74) is 5.39. The monoisotopic (exact) mass is 277 g/mol. The lowest BCUT2D eigenvalue weighted by atomic mass is 10.3. The van der Waals surface area contributed by atoms with Crippen LogP contribution in [0.25, 0.3) is 0 Å². The van der Waals surface area contributed by atoms with E-state index in [2.05, 4.69) is 17.9 Å². The van der Waals surface area contributed by atoms with Crippen molar-refractivity contribution in [3.05, 3.63) is 0 Å². The van der Waals surface area contributed by atoms with Crippen molar-refractivity contribution in [2.24, 2.45) is 5.73 Å². The summed E-state index contributed by atoms with van der Waals surface area (Å²) < 4.78 is 0. The number of thiol groups is 1. The Morgan fingerprint density at radius 2 is 1.94 bits per heavy atom. The number of imide groups is 1. The molecule has 1 atom stereocenters. The minimum Gasteiger partial charge on any atom is -0.480 e. The SMILES string of the molecule is CC(=O)NCC(=O)N(CC(=O)O)C(=O)C(N)CS. The van der Waals surface area contributed by atoms with E-state index in [4.69, 9.17) is 10.8 Å². The van der Waals surface area contributed by atoms with Gasteiger partial charge in [-0.2, -0.15) is 12.6 Å². The minimum atomic E-state index is -1.36. The average Bonchev–Trinajstić information content (AvgIpc) is 2.30. The molecule has 0 heterocycles. The van der Waals surface area contributed by atoms with E-state index < -0.39 is 42.8 Å². The number of aliphatic carboxylic acids is 1. The molecule has 102 valence electrons. The molecule has 9 heteroatoms. The Kier molecular flexibility index (Phi) is 6.98. The van der Waals surface area contributed by atoms with Crippen molar-refractivity contribution in [2.75, 3.05) is 18.8 Å². The third kappa shape index (κ3) is 5.64. The van der Waals surface area contributed by atoms with E-state index in [0.717, 1.165) is 0 Å². The number of hydrogen-bond donors (Lipinski definition) is 4. The molecule has 0 saturated carbocycles. The van der Waals surface area contributed by atoms with Gasteiger partial charge in [-0.05, 0) is 0 Å². The Morgan fingerprint density at radius 3 is 2.33 bits per heavy atom. The number of carbonyl (C=O) groups is 4. The van der Waals surface area contributed by atoms with Crippen LogP contribution >= 0.6 is 12.6 Å². The molecule has 3 amide bonds. The summed E-state index contributed by atoms with van der Waals surface area (Å²) in [4.78, 5) is 44.9. The largest absolute Gasteiger partial charge is 0.480 e. The van der Waals surface area contributed by atoms with Crippen molar-refractivity contribution in [3.8, 4) is 0 Å². The molecule has 0 fully saturated rings. The van der Waals surface area contributed by atoms with E-state index in [0.29, 0.717) is 4.90 Å². The third-order valence-electron chi connectivity index (χ3n) is 1.86. The lowest BCUT2D eigenvalue weighted by Crippen LogP contribution is -2.52. The van der Waals surface area contributed by atoms with Crippen LogP contribution in [0, 0.1) is 0 Å². The number of amides is 3. The van der Waals surface area contributed by atoms with Gasteiger partial charge in [0.1, 0.15) is 6.54 Å². The summed E-state index contributed by atoms with van der Waals surface area (Å²) in [6.45, 7) is -0.0809. The first-order chi connectivity index (χ1) is 8.29. The first-order valence-electron chi connectivity index (χ1n) is 4.96. The molecular weight excluding hydrogens is 262 g/mol. The number of nitrogens with two attached hydrogens (primary N) is 1. The van der Waals surface area contributed by atoms with Crippen LogP contribution in [0.2, 0.25) is 0 Å². The molecular formula is C9H15N3O5S. The molecule has 0 aliphatic heterocycles. The number of carbonyl (C=O) groups excluding carboxylic acids is 3. The van der Waals surface area contributed by atoms with Crippen molar-refractivity contribution < 1.29 is 24.3 Å². The second-order valence-corrected chi connectivity index (χ2v) is 3.78. The van der Waals surface area contributed by atoms with Gasteiger partial charge in [-0.3, -0.25) is 24.1 Å². The van der Waals surface area contributed by atoms with Gasteiger partial charge in [0, 0.05) is 12.7 Å². The maximum Gasteiger partial charge on any atom is 0.323 e. The zero-order chi connectivity index (χ0) is 14.3. The molecule has 0 aromatic rings. The Labute approximate surface area is 109 Å². The maximum absolute atomic E-state index is 11.7. The number of rotatable bonds is 6. The average molecular weight is 277 g/mol. The fraction of sp³-hybridized carbons (Fsp3) is 0.556. The number of nitrogens with zero attached hydrogens (tertiary/aromatic N) is 1. The van der Waals surface area contributed by atoms with Gasteiger partial charge >= 0.3 is 5.97 Å². The molecule has 0 rings (SSSR count). The number of nitrogens with one attached hydrogen (secondary N) is 1. The highest BCUT2D eigenvalue weighted by molar-refractivity contribution is 7.80. The van der Waals surface area contributed by atoms with Crippen LogP contribution in [0.4, 0.5) is 0 Å². The van der Waals surface area contributed by atoms with Gasteiger partial charge in [0.15, 0.2) is 0 Å². The summed E-state index contributed by atoms with van der Waals surface area (Å²) in [5.74, 6) is -3.53. The zero-order valence-corrected chi connectivity index (χ0v) is 10.6. The highest BCUT2D eigenvalue weighted by Crippen LogP contribution is 1.97. The second kappa shape index (κ2) is 7.67. The number of hydrogen-bond acceptors (Lipinski definition) is 6. The molecule has 18 heavy (non-hydrogen) atoms. The standard InChI is InChI=1S/C9H15N3O5S/c1-5(13)11-2-7(14)12(3-8(15)16)9(17)6(10)4-18/h6,18H,2-4,10H2,1H3,(H,11,13)(H,15,16). The summed E-state index contributed by atoms with van der Waals surface area (Å²) >= 11 is 3.79. The van der Waals surface area contributed by atoms with Gasteiger partial charge in [0.2, 0.25) is 17.7 Å². The van der Waals surface area contributed by atoms with Crippen molar-refractivity contribution in [2.45, 2.75) is 13.0 Å². The Balaban J connectivity index is 4.76. The molecule has 4 N–H and O–H groups in total. The van der Waals surface area contributed by atoms with Gasteiger partial charge in [0.05, 0.1) is 12.6 Å². The molecule has 1 unspecified atom stereocenters. The van der Waals surface area contributed by atoms with Crippen molar-refractivity contribution in [3.63, 3.8) is 0 Å². The van der Waals surface area contributed by atoms with E-state index in [9.17, 15) is 19.2 Å². The van der Waals surface area contributed by atoms with Gasteiger partial charge in [-0.25, -0.2) is 0 Å². The molecule has 0 spiro atoms. The van der Waals surface area contributed by atoms with Crippen LogP contribution in [0.15, 0.2) is 0 Å². The molecule has 0 aliphatic rings. The fourth-order valence-corrected chi connectivity index (χ4v) is 1.15. The van der Waals surface area contributed by atoms with Gasteiger partial charge in [-0.15, -0.1) is 0 Å². The normalized spacial score (nSPS) is 11.5. The van der Waals surface area contributed by atoms with Gasteiger partial charge < -0.3 is 16.2 Å². The van der Waals surface area contributed by atoms with Crippen LogP contribution in [0.5, 0.6) is 0 Å². The van der Waals surface area contributed by atoms with Crippen LogP contribution in [0.3, 0.4) is 0 Å². The Bertz CT molecular complexity index is 360. The summed E-state index contributed by atoms with van der Waals surface area (Å²) in [6, 6.07) is -1.08. The molecule has 0 bridgehead atoms. The molecule has 0 aromatic carbocycles. The van der Waals surface area contributed by atoms with Crippen LogP contribution in [-0.4, -0.2) is 58.6 Å². The van der Waals surface area contributed by atoms with Crippen LogP contribution < -0.4 is 11.1 Å². The van der Waals surface area contributed by atoms with E-state index in [1.165, 1.54) is 6.92 Å². The predicted octanol–water partition coefficient (Wildman–Crippen LogP) is -2.18. The zero-order valence-electron chi connectivity index (χ0n) is 9.75. The van der Waals surface area contributed by atoms with Crippen LogP contribution in [-0.2, 0) is 19.2 Å². The number of carboxylic acids is 1. The molecule has 8 nitrogen and oxygen atoms in total. The third-order valence-corrected chi connectivity index (χ3v) is 2.26. The van der Waals surface area contributed by atoms with E-state index in [1.807, 2.05) is 0 Å². The molecule has 0 aromatic heterocycles. The predicted molar refractivity (Wildman–Crippen MR) is 64.9 cm³/mol. The van der Waals surface area contributed by atoms with Crippen LogP contribution in [0.1, 0.15) is 6.92 Å². The maximum atomic E-state index is 11.7. The van der Waals surface area contributed by atoms with Crippen molar-refractivity contribution in [1.29, 1.82) is 0 Å². The minimum absolute atomic E-state index is 0.0254. The fourth-order valence-electron chi connectivity index (χ4n) is 0.998. The first kappa shape index (κ1) is 16.4. The van der Waals surface area contributed by atoms with Crippen molar-refractivity contribution >= 4 is 36.3 Å². The molecule has 0 radical (unpaired) electrons. The Morgan fingerprint density at radius 1 is 1.39 bits per heavy atom. The topological polar surface area (TPSA) is 130 Å². The smallest absolute Gasteiger partial charge is 0.323 e. The van der Waals surface area contributed by atoms with Gasteiger partial charge in [0.25, 0.3) is 0 Å². The molecule has 0 aliphatic carbocycles. The van der Waals surface area contributed by atoms with E-state index >= 15 is 0 Å².